The number of rotatable bonds is 6. The van der Waals surface area contributed by atoms with Gasteiger partial charge in [-0.15, -0.1) is 0 Å². The fraction of sp³-hybridized carbons (Fsp3) is 0.444. The molecule has 0 aliphatic heterocycles. The highest BCUT2D eigenvalue weighted by molar-refractivity contribution is 8.13. The molecule has 1 aromatic rings. The van der Waals surface area contributed by atoms with Gasteiger partial charge in [0.1, 0.15) is 0 Å². The molecule has 0 unspecified atom stereocenters. The molecule has 0 aromatic carbocycles. The van der Waals surface area contributed by atoms with Gasteiger partial charge in [0.2, 0.25) is 5.13 Å². The van der Waals surface area contributed by atoms with Crippen LogP contribution in [-0.2, 0) is 5.75 Å². The van der Waals surface area contributed by atoms with Crippen molar-refractivity contribution in [3.63, 3.8) is 0 Å². The van der Waals surface area contributed by atoms with E-state index in [2.05, 4.69) is 24.7 Å². The molecule has 0 saturated carbocycles. The number of nitrogens with two attached hydrogens (primary N) is 2. The molecule has 108 valence electrons. The fourth-order valence-electron chi connectivity index (χ4n) is 1.04. The maximum atomic E-state index is 8.48. The van der Waals surface area contributed by atoms with Crippen LogP contribution in [0.4, 0.5) is 5.13 Å². The third-order valence-electron chi connectivity index (χ3n) is 1.76. The second-order valence-electron chi connectivity index (χ2n) is 3.21. The van der Waals surface area contributed by atoms with Crippen LogP contribution in [0.2, 0.25) is 0 Å². The zero-order valence-corrected chi connectivity index (χ0v) is 13.2. The number of hydrogen-bond acceptors (Lipinski definition) is 8. The lowest BCUT2D eigenvalue weighted by Crippen LogP contribution is -2.21. The molecule has 1 rings (SSSR count). The van der Waals surface area contributed by atoms with Crippen molar-refractivity contribution in [2.75, 3.05) is 18.6 Å². The first kappa shape index (κ1) is 16.5. The third kappa shape index (κ3) is 6.60. The van der Waals surface area contributed by atoms with Crippen molar-refractivity contribution in [1.29, 1.82) is 5.26 Å². The van der Waals surface area contributed by atoms with Crippen LogP contribution in [0.25, 0.3) is 0 Å². The van der Waals surface area contributed by atoms with Gasteiger partial charge in [-0.05, 0) is 6.26 Å². The van der Waals surface area contributed by atoms with E-state index in [1.54, 1.807) is 11.8 Å². The summed E-state index contributed by atoms with van der Waals surface area (Å²) in [5, 5.41) is 12.1. The summed E-state index contributed by atoms with van der Waals surface area (Å²) in [6.07, 6.45) is 3.71. The molecule has 0 aliphatic carbocycles. The number of hydrogen-bond donors (Lipinski definition) is 3. The molecule has 0 bridgehead atoms. The van der Waals surface area contributed by atoms with E-state index in [9.17, 15) is 0 Å². The van der Waals surface area contributed by atoms with Gasteiger partial charge in [0.05, 0.1) is 12.3 Å². The van der Waals surface area contributed by atoms with E-state index >= 15 is 0 Å². The number of nitrogens with zero attached hydrogens (tertiary/aromatic N) is 5. The predicted octanol–water partition coefficient (Wildman–Crippen LogP) is 0.466. The monoisotopic (exact) mass is 330 g/mol. The molecule has 8 nitrogen and oxygen atoms in total. The Kier molecular flexibility index (Phi) is 7.78. The molecule has 11 heteroatoms. The highest BCUT2D eigenvalue weighted by atomic mass is 32.2. The molecular weight excluding hydrogens is 316 g/mol. The van der Waals surface area contributed by atoms with E-state index in [1.165, 1.54) is 11.8 Å². The number of guanidine groups is 1. The third-order valence-corrected chi connectivity index (χ3v) is 3.96. The van der Waals surface area contributed by atoms with E-state index in [-0.39, 0.29) is 5.96 Å². The standard InChI is InChI=1S/C9H14N8S3/c1-18-8(14-5-10)13-2-3-19-4-6-15-9(20-17-6)16-7(11)12/h2-4H2,1H3,(H,13,14)(H4,11,12,15,16,17). The van der Waals surface area contributed by atoms with Crippen molar-refractivity contribution in [3.8, 4) is 6.19 Å². The number of thioether (sulfide) groups is 2. The lowest BCUT2D eigenvalue weighted by molar-refractivity contribution is 1.10. The van der Waals surface area contributed by atoms with Crippen LogP contribution in [0, 0.1) is 11.5 Å². The number of amidine groups is 1. The average molecular weight is 330 g/mol. The SMILES string of the molecule is CSC(=NCCSCc1nsc(N=C(N)N)n1)NC#N. The van der Waals surface area contributed by atoms with Crippen LogP contribution in [0.3, 0.4) is 0 Å². The van der Waals surface area contributed by atoms with E-state index < -0.39 is 0 Å². The van der Waals surface area contributed by atoms with Gasteiger partial charge in [-0.25, -0.2) is 4.98 Å². The fourth-order valence-corrected chi connectivity index (χ4v) is 2.75. The first-order valence-corrected chi connectivity index (χ1v) is 8.54. The van der Waals surface area contributed by atoms with Crippen molar-refractivity contribution in [2.45, 2.75) is 5.75 Å². The zero-order valence-electron chi connectivity index (χ0n) is 10.7. The molecule has 0 atom stereocenters. The van der Waals surface area contributed by atoms with E-state index in [1.807, 2.05) is 12.4 Å². The molecule has 1 aromatic heterocycles. The first-order chi connectivity index (χ1) is 9.65. The second kappa shape index (κ2) is 9.40. The molecule has 0 amide bonds. The van der Waals surface area contributed by atoms with Gasteiger partial charge in [0.25, 0.3) is 0 Å². The quantitative estimate of drug-likeness (QED) is 0.225. The van der Waals surface area contributed by atoms with Crippen LogP contribution in [0.5, 0.6) is 0 Å². The topological polar surface area (TPSA) is 138 Å². The minimum atomic E-state index is -0.0238. The van der Waals surface area contributed by atoms with Crippen molar-refractivity contribution < 1.29 is 0 Å². The minimum Gasteiger partial charge on any atom is -0.370 e. The van der Waals surface area contributed by atoms with Gasteiger partial charge in [0.15, 0.2) is 23.1 Å². The Balaban J connectivity index is 2.29. The predicted molar refractivity (Wildman–Crippen MR) is 86.1 cm³/mol. The van der Waals surface area contributed by atoms with E-state index in [0.717, 1.165) is 17.3 Å². The lowest BCUT2D eigenvalue weighted by Gasteiger charge is -1.99. The smallest absolute Gasteiger partial charge is 0.232 e. The van der Waals surface area contributed by atoms with Crippen molar-refractivity contribution in [3.05, 3.63) is 5.82 Å². The highest BCUT2D eigenvalue weighted by Gasteiger charge is 2.03. The number of aromatic nitrogens is 2. The molecule has 1 heterocycles. The molecule has 5 N–H and O–H groups in total. The van der Waals surface area contributed by atoms with Gasteiger partial charge in [-0.2, -0.15) is 26.4 Å². The molecule has 0 radical (unpaired) electrons. The first-order valence-electron chi connectivity index (χ1n) is 5.39. The summed E-state index contributed by atoms with van der Waals surface area (Å²) in [7, 11) is 0. The number of aliphatic imine (C=N–C) groups is 2. The molecule has 0 saturated heterocycles. The van der Waals surface area contributed by atoms with Gasteiger partial charge in [0, 0.05) is 17.3 Å². The van der Waals surface area contributed by atoms with Crippen LogP contribution < -0.4 is 16.8 Å². The summed E-state index contributed by atoms with van der Waals surface area (Å²) in [5.41, 5.74) is 10.5. The zero-order chi connectivity index (χ0) is 14.8. The van der Waals surface area contributed by atoms with Gasteiger partial charge < -0.3 is 11.5 Å². The summed E-state index contributed by atoms with van der Waals surface area (Å²) in [4.78, 5) is 12.2. The summed E-state index contributed by atoms with van der Waals surface area (Å²) in [5.74, 6) is 2.16. The molecule has 0 fully saturated rings. The number of nitrogens with one attached hydrogen (secondary N) is 1. The van der Waals surface area contributed by atoms with E-state index in [4.69, 9.17) is 16.7 Å². The Labute approximate surface area is 129 Å². The largest absolute Gasteiger partial charge is 0.370 e. The van der Waals surface area contributed by atoms with Gasteiger partial charge in [-0.3, -0.25) is 10.3 Å². The normalized spacial score (nSPS) is 10.9. The molecule has 0 spiro atoms. The van der Waals surface area contributed by atoms with Crippen molar-refractivity contribution in [2.24, 2.45) is 21.5 Å². The second-order valence-corrected chi connectivity index (χ2v) is 5.84. The minimum absolute atomic E-state index is 0.0238. The molecule has 0 aliphatic rings. The Morgan fingerprint density at radius 1 is 1.55 bits per heavy atom. The van der Waals surface area contributed by atoms with E-state index in [0.29, 0.717) is 28.4 Å². The average Bonchev–Trinajstić information content (AvgIpc) is 2.83. The summed E-state index contributed by atoms with van der Waals surface area (Å²) in [6, 6.07) is 0. The summed E-state index contributed by atoms with van der Waals surface area (Å²) in [6.45, 7) is 0.625. The number of nitriles is 1. The van der Waals surface area contributed by atoms with Crippen LogP contribution in [0.1, 0.15) is 5.82 Å². The Bertz CT molecular complexity index is 514. The van der Waals surface area contributed by atoms with Gasteiger partial charge >= 0.3 is 0 Å². The summed E-state index contributed by atoms with van der Waals surface area (Å²) >= 11 is 4.21. The highest BCUT2D eigenvalue weighted by Crippen LogP contribution is 2.17. The maximum absolute atomic E-state index is 8.48. The maximum Gasteiger partial charge on any atom is 0.232 e. The lowest BCUT2D eigenvalue weighted by atomic mass is 10.7. The molecular formula is C9H14N8S3. The van der Waals surface area contributed by atoms with Crippen LogP contribution in [-0.4, -0.2) is 39.0 Å². The van der Waals surface area contributed by atoms with Crippen molar-refractivity contribution in [1.82, 2.24) is 14.7 Å². The summed E-state index contributed by atoms with van der Waals surface area (Å²) < 4.78 is 4.14. The Hall–Kier alpha value is -1.51. The van der Waals surface area contributed by atoms with Gasteiger partial charge in [-0.1, -0.05) is 11.8 Å². The molecule has 20 heavy (non-hydrogen) atoms. The Morgan fingerprint density at radius 2 is 2.35 bits per heavy atom. The van der Waals surface area contributed by atoms with Crippen molar-refractivity contribution >= 4 is 51.3 Å². The van der Waals surface area contributed by atoms with Crippen LogP contribution >= 0.6 is 35.1 Å². The Morgan fingerprint density at radius 3 is 3.00 bits per heavy atom. The van der Waals surface area contributed by atoms with Crippen LogP contribution in [0.15, 0.2) is 9.98 Å².